The van der Waals surface area contributed by atoms with Crippen molar-refractivity contribution in [1.82, 2.24) is 20.4 Å². The van der Waals surface area contributed by atoms with Crippen LogP contribution >= 0.6 is 24.0 Å². The Morgan fingerprint density at radius 2 is 1.92 bits per heavy atom. The Morgan fingerprint density at radius 1 is 1.21 bits per heavy atom. The number of ether oxygens (including phenoxy) is 1. The van der Waals surface area contributed by atoms with E-state index in [0.717, 1.165) is 51.3 Å². The average Bonchev–Trinajstić information content (AvgIpc) is 2.56. The normalized spacial score (nSPS) is 24.3. The molecule has 2 aliphatic heterocycles. The molecule has 0 aromatic heterocycles. The van der Waals surface area contributed by atoms with Crippen LogP contribution in [0.1, 0.15) is 26.7 Å². The van der Waals surface area contributed by atoms with Crippen molar-refractivity contribution >= 4 is 29.9 Å². The average molecular weight is 453 g/mol. The van der Waals surface area contributed by atoms with E-state index in [4.69, 9.17) is 4.74 Å². The molecule has 7 heteroatoms. The summed E-state index contributed by atoms with van der Waals surface area (Å²) in [6, 6.07) is 0. The molecule has 0 spiro atoms. The first kappa shape index (κ1) is 21.9. The van der Waals surface area contributed by atoms with Crippen LogP contribution in [0.25, 0.3) is 0 Å². The summed E-state index contributed by atoms with van der Waals surface area (Å²) >= 11 is 0. The molecule has 0 bridgehead atoms. The van der Waals surface area contributed by atoms with Gasteiger partial charge in [0.1, 0.15) is 0 Å². The predicted octanol–water partition coefficient (Wildman–Crippen LogP) is 1.22. The Bertz CT molecular complexity index is 385. The van der Waals surface area contributed by atoms with Gasteiger partial charge in [0.2, 0.25) is 0 Å². The maximum atomic E-state index is 5.45. The largest absolute Gasteiger partial charge is 0.379 e. The van der Waals surface area contributed by atoms with Crippen LogP contribution in [-0.4, -0.2) is 87.9 Å². The van der Waals surface area contributed by atoms with Crippen LogP contribution in [-0.2, 0) is 4.74 Å². The Hall–Kier alpha value is -0.120. The lowest BCUT2D eigenvalue weighted by Gasteiger charge is -2.41. The van der Waals surface area contributed by atoms with Gasteiger partial charge in [-0.25, -0.2) is 0 Å². The Kier molecular flexibility index (Phi) is 9.84. The summed E-state index contributed by atoms with van der Waals surface area (Å²) in [6.45, 7) is 12.6. The van der Waals surface area contributed by atoms with Crippen molar-refractivity contribution in [3.8, 4) is 0 Å². The lowest BCUT2D eigenvalue weighted by atomic mass is 9.98. The molecule has 2 fully saturated rings. The molecule has 0 aromatic rings. The third kappa shape index (κ3) is 7.01. The zero-order valence-corrected chi connectivity index (χ0v) is 18.1. The first-order chi connectivity index (χ1) is 11.0. The molecule has 2 aliphatic rings. The third-order valence-corrected chi connectivity index (χ3v) is 5.06. The Labute approximate surface area is 164 Å². The van der Waals surface area contributed by atoms with Gasteiger partial charge in [-0.3, -0.25) is 9.89 Å². The minimum absolute atomic E-state index is 0. The molecule has 0 amide bonds. The van der Waals surface area contributed by atoms with Gasteiger partial charge in [0.05, 0.1) is 13.2 Å². The van der Waals surface area contributed by atoms with Gasteiger partial charge >= 0.3 is 0 Å². The van der Waals surface area contributed by atoms with Crippen molar-refractivity contribution in [2.24, 2.45) is 10.9 Å². The molecular formula is C17H36IN5O. The van der Waals surface area contributed by atoms with E-state index in [1.165, 1.54) is 25.9 Å². The van der Waals surface area contributed by atoms with Gasteiger partial charge in [0.15, 0.2) is 5.96 Å². The topological polar surface area (TPSA) is 52.1 Å². The number of halogens is 1. The van der Waals surface area contributed by atoms with E-state index in [1.807, 2.05) is 7.05 Å². The first-order valence-electron chi connectivity index (χ1n) is 8.97. The number of morpholine rings is 1. The van der Waals surface area contributed by atoms with Crippen molar-refractivity contribution in [3.63, 3.8) is 0 Å². The van der Waals surface area contributed by atoms with Crippen molar-refractivity contribution in [1.29, 1.82) is 0 Å². The highest BCUT2D eigenvalue weighted by molar-refractivity contribution is 14.0. The molecule has 2 heterocycles. The van der Waals surface area contributed by atoms with Gasteiger partial charge in [0, 0.05) is 45.3 Å². The van der Waals surface area contributed by atoms with Crippen LogP contribution in [0.3, 0.4) is 0 Å². The summed E-state index contributed by atoms with van der Waals surface area (Å²) in [7, 11) is 4.06. The summed E-state index contributed by atoms with van der Waals surface area (Å²) in [4.78, 5) is 9.29. The van der Waals surface area contributed by atoms with E-state index in [2.05, 4.69) is 46.3 Å². The number of aliphatic imine (C=N–C) groups is 1. The second kappa shape index (κ2) is 10.8. The van der Waals surface area contributed by atoms with Crippen molar-refractivity contribution < 1.29 is 4.74 Å². The van der Waals surface area contributed by atoms with Crippen LogP contribution in [0, 0.1) is 5.92 Å². The fraction of sp³-hybridized carbons (Fsp3) is 0.941. The number of nitrogens with zero attached hydrogens (tertiary/aromatic N) is 3. The minimum Gasteiger partial charge on any atom is -0.379 e. The molecule has 2 rings (SSSR count). The van der Waals surface area contributed by atoms with E-state index in [-0.39, 0.29) is 29.5 Å². The monoisotopic (exact) mass is 453 g/mol. The second-order valence-corrected chi connectivity index (χ2v) is 7.49. The number of nitrogens with one attached hydrogen (secondary N) is 2. The van der Waals surface area contributed by atoms with Crippen LogP contribution in [0.4, 0.5) is 0 Å². The highest BCUT2D eigenvalue weighted by Crippen LogP contribution is 2.15. The van der Waals surface area contributed by atoms with E-state index in [9.17, 15) is 0 Å². The first-order valence-corrected chi connectivity index (χ1v) is 8.97. The maximum Gasteiger partial charge on any atom is 0.191 e. The number of guanidine groups is 1. The van der Waals surface area contributed by atoms with Crippen LogP contribution in [0.2, 0.25) is 0 Å². The second-order valence-electron chi connectivity index (χ2n) is 7.49. The van der Waals surface area contributed by atoms with Crippen molar-refractivity contribution in [3.05, 3.63) is 0 Å². The summed E-state index contributed by atoms with van der Waals surface area (Å²) in [5.74, 6) is 1.64. The van der Waals surface area contributed by atoms with Crippen molar-refractivity contribution in [2.75, 3.05) is 66.6 Å². The molecule has 2 saturated heterocycles. The molecule has 0 radical (unpaired) electrons. The Morgan fingerprint density at radius 3 is 2.54 bits per heavy atom. The van der Waals surface area contributed by atoms with E-state index in [0.29, 0.717) is 0 Å². The zero-order chi connectivity index (χ0) is 16.7. The summed E-state index contributed by atoms with van der Waals surface area (Å²) in [6.07, 6.45) is 2.62. The van der Waals surface area contributed by atoms with Crippen LogP contribution in [0.5, 0.6) is 0 Å². The van der Waals surface area contributed by atoms with Gasteiger partial charge in [-0.15, -0.1) is 24.0 Å². The van der Waals surface area contributed by atoms with Gasteiger partial charge in [-0.2, -0.15) is 0 Å². The van der Waals surface area contributed by atoms with E-state index in [1.54, 1.807) is 0 Å². The molecule has 0 aliphatic carbocycles. The van der Waals surface area contributed by atoms with Gasteiger partial charge in [0.25, 0.3) is 0 Å². The Balaban J connectivity index is 0.00000288. The van der Waals surface area contributed by atoms with E-state index < -0.39 is 0 Å². The smallest absolute Gasteiger partial charge is 0.191 e. The quantitative estimate of drug-likeness (QED) is 0.373. The molecule has 142 valence electrons. The summed E-state index contributed by atoms with van der Waals surface area (Å²) < 4.78 is 5.45. The molecule has 0 saturated carbocycles. The molecule has 24 heavy (non-hydrogen) atoms. The number of rotatable bonds is 5. The molecule has 1 unspecified atom stereocenters. The molecule has 2 N–H and O–H groups in total. The van der Waals surface area contributed by atoms with Crippen LogP contribution in [0.15, 0.2) is 4.99 Å². The minimum atomic E-state index is 0. The van der Waals surface area contributed by atoms with Gasteiger partial charge in [-0.05, 0) is 46.2 Å². The molecular weight excluding hydrogens is 417 g/mol. The molecule has 6 nitrogen and oxygen atoms in total. The SMILES string of the molecule is CN=C(NCC1CCCN(C)C1)NCC(C)(C)N1CCOCC1.I. The maximum absolute atomic E-state index is 5.45. The number of piperidine rings is 1. The lowest BCUT2D eigenvalue weighted by Crippen LogP contribution is -2.56. The third-order valence-electron chi connectivity index (χ3n) is 5.06. The standard InChI is InChI=1S/C17H35N5O.HI/c1-17(2,22-8-10-23-11-9-22)14-20-16(18-3)19-12-15-6-5-7-21(4)13-15;/h15H,5-14H2,1-4H3,(H2,18,19,20);1H. The summed E-state index contributed by atoms with van der Waals surface area (Å²) in [5.41, 5.74) is 0.104. The number of hydrogen-bond donors (Lipinski definition) is 2. The zero-order valence-electron chi connectivity index (χ0n) is 15.8. The van der Waals surface area contributed by atoms with Gasteiger partial charge in [-0.1, -0.05) is 0 Å². The van der Waals surface area contributed by atoms with Crippen LogP contribution < -0.4 is 10.6 Å². The summed E-state index contributed by atoms with van der Waals surface area (Å²) in [5, 5.41) is 7.00. The van der Waals surface area contributed by atoms with E-state index >= 15 is 0 Å². The number of likely N-dealkylation sites (tertiary alicyclic amines) is 1. The van der Waals surface area contributed by atoms with Crippen molar-refractivity contribution in [2.45, 2.75) is 32.2 Å². The molecule has 1 atom stereocenters. The fourth-order valence-corrected chi connectivity index (χ4v) is 3.48. The highest BCUT2D eigenvalue weighted by atomic mass is 127. The predicted molar refractivity (Wildman–Crippen MR) is 111 cm³/mol. The fourth-order valence-electron chi connectivity index (χ4n) is 3.48. The molecule has 0 aromatic carbocycles. The lowest BCUT2D eigenvalue weighted by molar-refractivity contribution is -0.00834. The highest BCUT2D eigenvalue weighted by Gasteiger charge is 2.28. The van der Waals surface area contributed by atoms with Gasteiger partial charge < -0.3 is 20.3 Å². The number of hydrogen-bond acceptors (Lipinski definition) is 4.